The van der Waals surface area contributed by atoms with E-state index in [2.05, 4.69) is 10.3 Å². The van der Waals surface area contributed by atoms with Crippen LogP contribution < -0.4 is 16.0 Å². The number of esters is 1. The number of nitrogen functional groups attached to an aromatic ring is 1. The summed E-state index contributed by atoms with van der Waals surface area (Å²) in [7, 11) is 0. The number of hydrogen-bond acceptors (Lipinski definition) is 6. The van der Waals surface area contributed by atoms with Crippen molar-refractivity contribution in [1.82, 2.24) is 10.3 Å². The molecule has 3 heterocycles. The molecule has 2 unspecified atom stereocenters. The Morgan fingerprint density at radius 3 is 2.83 bits per heavy atom. The Balaban J connectivity index is 1.91. The standard InChI is InChI=1S/C17H24N4O3/c1-16(2,3)24-15(23)17-7-6-11(20-17)8-14(22)21(10-17)12-4-5-13(18)19-9-12/h4-5,9,11,20H,6-8,10H2,1-3H3,(H2,18,19). The molecule has 2 bridgehead atoms. The summed E-state index contributed by atoms with van der Waals surface area (Å²) in [4.78, 5) is 31.1. The highest BCUT2D eigenvalue weighted by molar-refractivity contribution is 5.96. The molecule has 7 nitrogen and oxygen atoms in total. The SMILES string of the molecule is CC(C)(C)OC(=O)C12CCC(CC(=O)N(c3ccc(N)nc3)C1)N2. The van der Waals surface area contributed by atoms with E-state index in [4.69, 9.17) is 10.5 Å². The molecule has 0 radical (unpaired) electrons. The number of aromatic nitrogens is 1. The van der Waals surface area contributed by atoms with Gasteiger partial charge in [0.25, 0.3) is 0 Å². The molecule has 0 aromatic carbocycles. The molecule has 0 saturated carbocycles. The Hall–Kier alpha value is -2.15. The second-order valence-corrected chi connectivity index (χ2v) is 7.59. The molecular weight excluding hydrogens is 308 g/mol. The monoisotopic (exact) mass is 332 g/mol. The average molecular weight is 332 g/mol. The van der Waals surface area contributed by atoms with Crippen molar-refractivity contribution in [3.05, 3.63) is 18.3 Å². The molecule has 3 N–H and O–H groups in total. The smallest absolute Gasteiger partial charge is 0.328 e. The third-order valence-corrected chi connectivity index (χ3v) is 4.42. The molecular formula is C17H24N4O3. The molecule has 3 rings (SSSR count). The van der Waals surface area contributed by atoms with Gasteiger partial charge in [-0.1, -0.05) is 0 Å². The van der Waals surface area contributed by atoms with Crippen LogP contribution in [0.3, 0.4) is 0 Å². The van der Waals surface area contributed by atoms with Crippen molar-refractivity contribution in [1.29, 1.82) is 0 Å². The maximum absolute atomic E-state index is 12.8. The summed E-state index contributed by atoms with van der Waals surface area (Å²) in [6.45, 7) is 5.77. The molecule has 2 aliphatic rings. The Morgan fingerprint density at radius 1 is 1.46 bits per heavy atom. The number of nitrogens with two attached hydrogens (primary N) is 1. The number of rotatable bonds is 2. The predicted molar refractivity (Wildman–Crippen MR) is 90.4 cm³/mol. The fourth-order valence-electron chi connectivity index (χ4n) is 3.31. The van der Waals surface area contributed by atoms with Crippen molar-refractivity contribution in [3.63, 3.8) is 0 Å². The minimum absolute atomic E-state index is 0.00300. The first-order valence-electron chi connectivity index (χ1n) is 8.22. The first-order valence-corrected chi connectivity index (χ1v) is 8.22. The van der Waals surface area contributed by atoms with Crippen molar-refractivity contribution in [2.45, 2.75) is 57.2 Å². The lowest BCUT2D eigenvalue weighted by atomic mass is 9.94. The van der Waals surface area contributed by atoms with Gasteiger partial charge in [0.1, 0.15) is 17.0 Å². The molecule has 1 aromatic heterocycles. The fourth-order valence-corrected chi connectivity index (χ4v) is 3.31. The van der Waals surface area contributed by atoms with E-state index in [1.54, 1.807) is 23.2 Å². The van der Waals surface area contributed by atoms with Gasteiger partial charge in [0.05, 0.1) is 18.4 Å². The Kier molecular flexibility index (Phi) is 3.99. The van der Waals surface area contributed by atoms with Crippen LogP contribution in [-0.2, 0) is 14.3 Å². The van der Waals surface area contributed by atoms with Gasteiger partial charge >= 0.3 is 5.97 Å². The summed E-state index contributed by atoms with van der Waals surface area (Å²) >= 11 is 0. The van der Waals surface area contributed by atoms with Crippen LogP contribution in [0.2, 0.25) is 0 Å². The molecule has 24 heavy (non-hydrogen) atoms. The van der Waals surface area contributed by atoms with Crippen LogP contribution >= 0.6 is 0 Å². The van der Waals surface area contributed by atoms with Crippen LogP contribution in [0, 0.1) is 0 Å². The summed E-state index contributed by atoms with van der Waals surface area (Å²) in [5.41, 5.74) is 4.83. The highest BCUT2D eigenvalue weighted by Crippen LogP contribution is 2.34. The van der Waals surface area contributed by atoms with E-state index in [1.807, 2.05) is 20.8 Å². The highest BCUT2D eigenvalue weighted by atomic mass is 16.6. The minimum Gasteiger partial charge on any atom is -0.459 e. The van der Waals surface area contributed by atoms with E-state index in [0.717, 1.165) is 6.42 Å². The van der Waals surface area contributed by atoms with Crippen LogP contribution in [0.15, 0.2) is 18.3 Å². The molecule has 2 fully saturated rings. The fraction of sp³-hybridized carbons (Fsp3) is 0.588. The third-order valence-electron chi connectivity index (χ3n) is 4.42. The molecule has 2 aliphatic heterocycles. The van der Waals surface area contributed by atoms with E-state index >= 15 is 0 Å². The van der Waals surface area contributed by atoms with E-state index in [-0.39, 0.29) is 24.5 Å². The lowest BCUT2D eigenvalue weighted by Crippen LogP contribution is -2.57. The topological polar surface area (TPSA) is 97.6 Å². The van der Waals surface area contributed by atoms with Crippen LogP contribution in [0.25, 0.3) is 0 Å². The largest absolute Gasteiger partial charge is 0.459 e. The first-order chi connectivity index (χ1) is 11.2. The highest BCUT2D eigenvalue weighted by Gasteiger charge is 2.51. The average Bonchev–Trinajstić information content (AvgIpc) is 2.81. The summed E-state index contributed by atoms with van der Waals surface area (Å²) in [5.74, 6) is 0.0623. The molecule has 0 spiro atoms. The molecule has 7 heteroatoms. The summed E-state index contributed by atoms with van der Waals surface area (Å²) in [6.07, 6.45) is 3.36. The van der Waals surface area contributed by atoms with Gasteiger partial charge in [0, 0.05) is 12.5 Å². The Bertz CT molecular complexity index is 653. The molecule has 2 atom stereocenters. The minimum atomic E-state index is -0.870. The van der Waals surface area contributed by atoms with E-state index in [0.29, 0.717) is 24.3 Å². The van der Waals surface area contributed by atoms with Gasteiger partial charge in [-0.25, -0.2) is 9.78 Å². The van der Waals surface area contributed by atoms with Gasteiger partial charge < -0.3 is 15.4 Å². The Morgan fingerprint density at radius 2 is 2.21 bits per heavy atom. The van der Waals surface area contributed by atoms with Gasteiger partial charge in [0.15, 0.2) is 0 Å². The molecule has 2 saturated heterocycles. The predicted octanol–water partition coefficient (Wildman–Crippen LogP) is 1.23. The zero-order chi connectivity index (χ0) is 17.5. The van der Waals surface area contributed by atoms with Crippen LogP contribution in [0.4, 0.5) is 11.5 Å². The number of nitrogens with one attached hydrogen (secondary N) is 1. The van der Waals surface area contributed by atoms with Crippen LogP contribution in [0.5, 0.6) is 0 Å². The quantitative estimate of drug-likeness (QED) is 0.791. The lowest BCUT2D eigenvalue weighted by molar-refractivity contribution is -0.162. The zero-order valence-corrected chi connectivity index (χ0v) is 14.3. The summed E-state index contributed by atoms with van der Waals surface area (Å²) in [5, 5.41) is 3.35. The van der Waals surface area contributed by atoms with Crippen LogP contribution in [-0.4, -0.2) is 40.6 Å². The molecule has 130 valence electrons. The van der Waals surface area contributed by atoms with Gasteiger partial charge in [-0.3, -0.25) is 10.1 Å². The van der Waals surface area contributed by atoms with E-state index in [1.165, 1.54) is 0 Å². The number of fused-ring (bicyclic) bond motifs is 2. The van der Waals surface area contributed by atoms with Crippen molar-refractivity contribution < 1.29 is 14.3 Å². The van der Waals surface area contributed by atoms with Crippen molar-refractivity contribution in [2.24, 2.45) is 0 Å². The molecule has 1 aromatic rings. The maximum atomic E-state index is 12.8. The normalized spacial score (nSPS) is 27.0. The maximum Gasteiger partial charge on any atom is 0.328 e. The third kappa shape index (κ3) is 3.21. The van der Waals surface area contributed by atoms with Crippen molar-refractivity contribution in [3.8, 4) is 0 Å². The van der Waals surface area contributed by atoms with Crippen LogP contribution in [0.1, 0.15) is 40.0 Å². The Labute approximate surface area is 141 Å². The number of carbonyl (C=O) groups is 2. The van der Waals surface area contributed by atoms with Crippen molar-refractivity contribution in [2.75, 3.05) is 17.2 Å². The number of carbonyl (C=O) groups excluding carboxylic acids is 2. The van der Waals surface area contributed by atoms with E-state index < -0.39 is 11.1 Å². The number of anilines is 2. The molecule has 0 aliphatic carbocycles. The number of nitrogens with zero attached hydrogens (tertiary/aromatic N) is 2. The second-order valence-electron chi connectivity index (χ2n) is 7.59. The zero-order valence-electron chi connectivity index (χ0n) is 14.3. The number of amides is 1. The summed E-state index contributed by atoms with van der Waals surface area (Å²) < 4.78 is 5.62. The van der Waals surface area contributed by atoms with Crippen molar-refractivity contribution >= 4 is 23.4 Å². The first kappa shape index (κ1) is 16.7. The van der Waals surface area contributed by atoms with Gasteiger partial charge in [-0.05, 0) is 45.7 Å². The number of ether oxygens (including phenoxy) is 1. The van der Waals surface area contributed by atoms with Gasteiger partial charge in [0.2, 0.25) is 5.91 Å². The lowest BCUT2D eigenvalue weighted by Gasteiger charge is -2.34. The second kappa shape index (κ2) is 5.73. The van der Waals surface area contributed by atoms with E-state index in [9.17, 15) is 9.59 Å². The van der Waals surface area contributed by atoms with Gasteiger partial charge in [-0.2, -0.15) is 0 Å². The number of pyridine rings is 1. The number of hydrogen-bond donors (Lipinski definition) is 2. The molecule has 1 amide bonds. The van der Waals surface area contributed by atoms with Gasteiger partial charge in [-0.15, -0.1) is 0 Å². The summed E-state index contributed by atoms with van der Waals surface area (Å²) in [6, 6.07) is 3.40.